The van der Waals surface area contributed by atoms with Gasteiger partial charge < -0.3 is 25.5 Å². The number of hydrogen-bond acceptors (Lipinski definition) is 7. The summed E-state index contributed by atoms with van der Waals surface area (Å²) in [5.74, 6) is -0.258. The largest absolute Gasteiger partial charge is 0.370 e. The van der Waals surface area contributed by atoms with E-state index in [0.29, 0.717) is 28.5 Å². The second-order valence-corrected chi connectivity index (χ2v) is 14.2. The van der Waals surface area contributed by atoms with E-state index in [1.807, 2.05) is 36.4 Å². The summed E-state index contributed by atoms with van der Waals surface area (Å²) in [7, 11) is -0.162. The van der Waals surface area contributed by atoms with Crippen LogP contribution in [0.25, 0.3) is 0 Å². The lowest BCUT2D eigenvalue weighted by molar-refractivity contribution is -0.127. The van der Waals surface area contributed by atoms with Gasteiger partial charge in [0, 0.05) is 70.5 Å². The average molecular weight is 731 g/mol. The number of hydrogen-bond donors (Lipinski definition) is 3. The van der Waals surface area contributed by atoms with Crippen molar-refractivity contribution in [1.29, 1.82) is 0 Å². The van der Waals surface area contributed by atoms with Crippen molar-refractivity contribution < 1.29 is 23.7 Å². The van der Waals surface area contributed by atoms with E-state index in [1.165, 1.54) is 46.6 Å². The lowest BCUT2D eigenvalue weighted by atomic mass is 10.3. The molecule has 0 aliphatic rings. The third kappa shape index (κ3) is 12.9. The van der Waals surface area contributed by atoms with Crippen LogP contribution >= 0.6 is 42.7 Å². The van der Waals surface area contributed by atoms with Crippen LogP contribution in [0.15, 0.2) is 81.0 Å². The summed E-state index contributed by atoms with van der Waals surface area (Å²) in [5.41, 5.74) is 2.34. The molecule has 2 aromatic rings. The molecule has 0 bridgehead atoms. The fraction of sp³-hybridized carbons (Fsp3) is 0.321. The summed E-state index contributed by atoms with van der Waals surface area (Å²) in [5, 5.41) is 16.1. The standard InChI is InChI=1S/C28H34Br2N4O5S2/c1-19(17-27(37)31-25-9-5-23(29)6-10-25)33(21(3)35)13-15-40-41(39)16-14-34(22(4)36)20(2)18-28(38)32-26-11-7-24(30)8-12-26/h5-12,17-18,28,32,38H,13-16H2,1-4H3,(H,31,37)/b19-17+,20-18+. The van der Waals surface area contributed by atoms with Gasteiger partial charge in [-0.1, -0.05) is 42.7 Å². The second kappa shape index (κ2) is 17.5. The Bertz CT molecular complexity index is 1290. The van der Waals surface area contributed by atoms with Crippen molar-refractivity contribution in [3.05, 3.63) is 81.0 Å². The lowest BCUT2D eigenvalue weighted by Crippen LogP contribution is -2.32. The van der Waals surface area contributed by atoms with Gasteiger partial charge in [-0.15, -0.1) is 0 Å². The predicted molar refractivity (Wildman–Crippen MR) is 174 cm³/mol. The van der Waals surface area contributed by atoms with Gasteiger partial charge in [-0.05, 0) is 68.5 Å². The topological polar surface area (TPSA) is 119 Å². The predicted octanol–water partition coefficient (Wildman–Crippen LogP) is 5.48. The minimum absolute atomic E-state index is 0.202. The van der Waals surface area contributed by atoms with Crippen molar-refractivity contribution in [2.75, 3.05) is 35.2 Å². The average Bonchev–Trinajstić information content (AvgIpc) is 2.88. The molecule has 0 aromatic heterocycles. The number of allylic oxidation sites excluding steroid dienone is 2. The minimum atomic E-state index is -1.33. The van der Waals surface area contributed by atoms with Crippen molar-refractivity contribution in [2.24, 2.45) is 0 Å². The number of aliphatic hydroxyl groups excluding tert-OH is 1. The molecule has 0 radical (unpaired) electrons. The van der Waals surface area contributed by atoms with Crippen molar-refractivity contribution in [3.63, 3.8) is 0 Å². The highest BCUT2D eigenvalue weighted by Gasteiger charge is 2.16. The Hall–Kier alpha value is -2.45. The molecule has 2 atom stereocenters. The highest BCUT2D eigenvalue weighted by Crippen LogP contribution is 2.17. The normalized spacial score (nSPS) is 13.2. The maximum Gasteiger partial charge on any atom is 0.250 e. The van der Waals surface area contributed by atoms with Crippen LogP contribution in [0.3, 0.4) is 0 Å². The SMILES string of the molecule is CC(=O)N(CCSS(=O)CCN(C(C)=O)/C(C)=C/C(O)Nc1ccc(Br)cc1)/C(C)=C/C(=O)Nc1ccc(Br)cc1. The molecule has 0 saturated heterocycles. The molecule has 13 heteroatoms. The number of halogens is 2. The number of carbonyl (C=O) groups excluding carboxylic acids is 3. The van der Waals surface area contributed by atoms with E-state index in [-0.39, 0.29) is 36.6 Å². The quantitative estimate of drug-likeness (QED) is 0.134. The summed E-state index contributed by atoms with van der Waals surface area (Å²) in [6.45, 7) is 6.66. The van der Waals surface area contributed by atoms with E-state index in [1.54, 1.807) is 26.0 Å². The first kappa shape index (κ1) is 34.7. The highest BCUT2D eigenvalue weighted by atomic mass is 79.9. The van der Waals surface area contributed by atoms with Gasteiger partial charge in [-0.3, -0.25) is 14.4 Å². The van der Waals surface area contributed by atoms with Crippen molar-refractivity contribution in [3.8, 4) is 0 Å². The third-order valence-electron chi connectivity index (χ3n) is 5.63. The number of benzene rings is 2. The summed E-state index contributed by atoms with van der Waals surface area (Å²) in [6, 6.07) is 14.4. The number of carbonyl (C=O) groups is 3. The lowest BCUT2D eigenvalue weighted by Gasteiger charge is -2.23. The zero-order chi connectivity index (χ0) is 30.5. The molecule has 0 spiro atoms. The van der Waals surface area contributed by atoms with Crippen LogP contribution in [0, 0.1) is 0 Å². The van der Waals surface area contributed by atoms with Crippen molar-refractivity contribution in [2.45, 2.75) is 33.9 Å². The summed E-state index contributed by atoms with van der Waals surface area (Å²) < 4.78 is 14.5. The van der Waals surface area contributed by atoms with E-state index >= 15 is 0 Å². The van der Waals surface area contributed by atoms with Crippen LogP contribution in [-0.4, -0.2) is 67.7 Å². The Labute approximate surface area is 263 Å². The highest BCUT2D eigenvalue weighted by molar-refractivity contribution is 9.10. The molecule has 222 valence electrons. The number of anilines is 2. The van der Waals surface area contributed by atoms with Gasteiger partial charge >= 0.3 is 0 Å². The third-order valence-corrected chi connectivity index (χ3v) is 9.61. The smallest absolute Gasteiger partial charge is 0.250 e. The van der Waals surface area contributed by atoms with Crippen LogP contribution in [0.1, 0.15) is 27.7 Å². The number of rotatable bonds is 14. The van der Waals surface area contributed by atoms with Crippen molar-refractivity contribution in [1.82, 2.24) is 9.80 Å². The van der Waals surface area contributed by atoms with Gasteiger partial charge in [0.2, 0.25) is 17.7 Å². The molecule has 0 fully saturated rings. The van der Waals surface area contributed by atoms with Gasteiger partial charge in [-0.2, -0.15) is 0 Å². The summed E-state index contributed by atoms with van der Waals surface area (Å²) >= 11 is 6.71. The van der Waals surface area contributed by atoms with Gasteiger partial charge in [0.25, 0.3) is 0 Å². The minimum Gasteiger partial charge on any atom is -0.370 e. The van der Waals surface area contributed by atoms with Gasteiger partial charge in [0.15, 0.2) is 0 Å². The maximum absolute atomic E-state index is 12.7. The van der Waals surface area contributed by atoms with E-state index in [2.05, 4.69) is 42.5 Å². The zero-order valence-electron chi connectivity index (χ0n) is 23.2. The summed E-state index contributed by atoms with van der Waals surface area (Å²) in [4.78, 5) is 39.8. The van der Waals surface area contributed by atoms with Crippen LogP contribution in [0.4, 0.5) is 11.4 Å². The van der Waals surface area contributed by atoms with Crippen LogP contribution < -0.4 is 10.6 Å². The molecule has 0 saturated carbocycles. The molecule has 0 aliphatic heterocycles. The Morgan fingerprint density at radius 1 is 0.878 bits per heavy atom. The zero-order valence-corrected chi connectivity index (χ0v) is 28.0. The van der Waals surface area contributed by atoms with Crippen LogP contribution in [-0.2, 0) is 24.2 Å². The Morgan fingerprint density at radius 3 is 1.93 bits per heavy atom. The molecule has 2 unspecified atom stereocenters. The fourth-order valence-electron chi connectivity index (χ4n) is 3.67. The van der Waals surface area contributed by atoms with E-state index in [0.717, 1.165) is 8.95 Å². The Balaban J connectivity index is 1.87. The molecule has 9 nitrogen and oxygen atoms in total. The number of nitrogens with zero attached hydrogens (tertiary/aromatic N) is 2. The monoisotopic (exact) mass is 728 g/mol. The second-order valence-electron chi connectivity index (χ2n) is 8.86. The molecule has 0 heterocycles. The molecule has 2 aromatic carbocycles. The number of amides is 3. The van der Waals surface area contributed by atoms with Crippen LogP contribution in [0.2, 0.25) is 0 Å². The molecule has 3 N–H and O–H groups in total. The fourth-order valence-corrected chi connectivity index (χ4v) is 6.45. The molecule has 0 aliphatic carbocycles. The first-order valence-electron chi connectivity index (χ1n) is 12.6. The molecule has 2 rings (SSSR count). The maximum atomic E-state index is 12.7. The van der Waals surface area contributed by atoms with Gasteiger partial charge in [-0.25, -0.2) is 4.21 Å². The molecular weight excluding hydrogens is 696 g/mol. The number of nitrogens with one attached hydrogen (secondary N) is 2. The first-order chi connectivity index (χ1) is 19.3. The van der Waals surface area contributed by atoms with E-state index in [4.69, 9.17) is 0 Å². The Kier molecular flexibility index (Phi) is 14.8. The van der Waals surface area contributed by atoms with E-state index < -0.39 is 16.1 Å². The Morgan fingerprint density at radius 2 is 1.39 bits per heavy atom. The molecule has 3 amide bonds. The van der Waals surface area contributed by atoms with Crippen LogP contribution in [0.5, 0.6) is 0 Å². The number of aliphatic hydroxyl groups is 1. The summed E-state index contributed by atoms with van der Waals surface area (Å²) in [6.07, 6.45) is 1.85. The molecule has 41 heavy (non-hydrogen) atoms. The van der Waals surface area contributed by atoms with Gasteiger partial charge in [0.05, 0.1) is 15.6 Å². The van der Waals surface area contributed by atoms with E-state index in [9.17, 15) is 23.7 Å². The van der Waals surface area contributed by atoms with Crippen molar-refractivity contribution >= 4 is 81.6 Å². The molecular formula is C28H34Br2N4O5S2. The first-order valence-corrected chi connectivity index (χ1v) is 17.0. The van der Waals surface area contributed by atoms with Gasteiger partial charge in [0.1, 0.15) is 6.23 Å².